The molecule has 0 bridgehead atoms. The van der Waals surface area contributed by atoms with Crippen molar-refractivity contribution in [2.75, 3.05) is 38.2 Å². The number of anilines is 1. The molecule has 4 rings (SSSR count). The summed E-state index contributed by atoms with van der Waals surface area (Å²) in [5.74, 6) is -0.537. The van der Waals surface area contributed by atoms with Gasteiger partial charge in [0.15, 0.2) is 5.60 Å². The number of aromatic nitrogens is 1. The number of fused-ring (bicyclic) bond motifs is 1. The molecule has 1 aliphatic heterocycles. The number of nitrogens with one attached hydrogen (secondary N) is 1. The third-order valence-corrected chi connectivity index (χ3v) is 6.72. The van der Waals surface area contributed by atoms with Crippen LogP contribution in [0.2, 0.25) is 0 Å². The number of pyridine rings is 1. The van der Waals surface area contributed by atoms with Gasteiger partial charge in [-0.2, -0.15) is 13.2 Å². The molecular weight excluding hydrogens is 474 g/mol. The Morgan fingerprint density at radius 2 is 1.75 bits per heavy atom. The fourth-order valence-electron chi connectivity index (χ4n) is 4.67. The predicted octanol–water partition coefficient (Wildman–Crippen LogP) is 5.28. The Kier molecular flexibility index (Phi) is 7.54. The van der Waals surface area contributed by atoms with Gasteiger partial charge in [-0.05, 0) is 53.8 Å². The average molecular weight is 506 g/mol. The van der Waals surface area contributed by atoms with Gasteiger partial charge in [-0.1, -0.05) is 32.0 Å². The fraction of sp³-hybridized carbons (Fsp3) is 0.444. The zero-order chi connectivity index (χ0) is 26.0. The number of nitrogens with zero attached hydrogens (tertiary/aromatic N) is 2. The second kappa shape index (κ2) is 10.3. The van der Waals surface area contributed by atoms with E-state index in [1.165, 1.54) is 18.2 Å². The van der Waals surface area contributed by atoms with Crippen LogP contribution in [0.1, 0.15) is 31.5 Å². The minimum Gasteiger partial charge on any atom is -0.381 e. The number of benzene rings is 2. The molecule has 1 aliphatic rings. The minimum absolute atomic E-state index is 0.382. The number of alkyl halides is 3. The molecule has 1 fully saturated rings. The Labute approximate surface area is 208 Å². The molecule has 2 heterocycles. The smallest absolute Gasteiger partial charge is 0.381 e. The number of halogens is 4. The van der Waals surface area contributed by atoms with Crippen molar-refractivity contribution in [3.8, 4) is 0 Å². The van der Waals surface area contributed by atoms with Crippen LogP contribution in [0, 0.1) is 5.82 Å². The van der Waals surface area contributed by atoms with E-state index in [-0.39, 0.29) is 0 Å². The number of ether oxygens (including phenoxy) is 1. The topological polar surface area (TPSA) is 57.6 Å². The standard InChI is InChI=1S/C27H31F4N3O2/c1-25(2,19-5-3-6-20(28)15-19)17-26(35,27(29,30)31)18-32-23-7-4-8-24-22(23)10-9-21(33-24)16-34-11-13-36-14-12-34/h3-10,15,32,35H,11-14,16-18H2,1-2H3. The SMILES string of the molecule is CC(C)(CC(O)(CNc1cccc2nc(CN3CCOCC3)ccc12)C(F)(F)F)c1cccc(F)c1. The summed E-state index contributed by atoms with van der Waals surface area (Å²) in [6.07, 6.45) is -5.55. The highest BCUT2D eigenvalue weighted by Gasteiger charge is 2.55. The maximum Gasteiger partial charge on any atom is 0.418 e. The Balaban J connectivity index is 1.54. The Bertz CT molecular complexity index is 1200. The van der Waals surface area contributed by atoms with E-state index in [4.69, 9.17) is 4.74 Å². The third kappa shape index (κ3) is 5.96. The van der Waals surface area contributed by atoms with E-state index < -0.39 is 36.0 Å². The van der Waals surface area contributed by atoms with Crippen molar-refractivity contribution >= 4 is 16.6 Å². The molecule has 3 aromatic rings. The van der Waals surface area contributed by atoms with E-state index in [2.05, 4.69) is 15.2 Å². The molecule has 1 unspecified atom stereocenters. The van der Waals surface area contributed by atoms with Crippen molar-refractivity contribution in [3.63, 3.8) is 0 Å². The molecule has 194 valence electrons. The van der Waals surface area contributed by atoms with Gasteiger partial charge in [0.25, 0.3) is 0 Å². The van der Waals surface area contributed by atoms with E-state index in [9.17, 15) is 22.7 Å². The third-order valence-electron chi connectivity index (χ3n) is 6.72. The molecular formula is C27H31F4N3O2. The summed E-state index contributed by atoms with van der Waals surface area (Å²) in [5, 5.41) is 14.3. The van der Waals surface area contributed by atoms with Gasteiger partial charge in [0.2, 0.25) is 0 Å². The molecule has 1 saturated heterocycles. The molecule has 0 aliphatic carbocycles. The van der Waals surface area contributed by atoms with Crippen LogP contribution in [-0.2, 0) is 16.7 Å². The summed E-state index contributed by atoms with van der Waals surface area (Å²) in [4.78, 5) is 6.93. The second-order valence-electron chi connectivity index (χ2n) is 10.0. The molecule has 2 N–H and O–H groups in total. The van der Waals surface area contributed by atoms with Gasteiger partial charge in [-0.15, -0.1) is 0 Å². The van der Waals surface area contributed by atoms with Crippen molar-refractivity contribution in [2.24, 2.45) is 0 Å². The van der Waals surface area contributed by atoms with Gasteiger partial charge in [0, 0.05) is 30.7 Å². The van der Waals surface area contributed by atoms with Gasteiger partial charge in [0.05, 0.1) is 31.0 Å². The predicted molar refractivity (Wildman–Crippen MR) is 131 cm³/mol. The first-order chi connectivity index (χ1) is 17.0. The van der Waals surface area contributed by atoms with Crippen LogP contribution in [0.15, 0.2) is 54.6 Å². The van der Waals surface area contributed by atoms with Crippen LogP contribution >= 0.6 is 0 Å². The lowest BCUT2D eigenvalue weighted by molar-refractivity contribution is -0.260. The van der Waals surface area contributed by atoms with Crippen molar-refractivity contribution in [2.45, 2.75) is 44.0 Å². The van der Waals surface area contributed by atoms with E-state index >= 15 is 0 Å². The lowest BCUT2D eigenvalue weighted by Gasteiger charge is -2.38. The monoisotopic (exact) mass is 505 g/mol. The van der Waals surface area contributed by atoms with Crippen LogP contribution < -0.4 is 5.32 Å². The van der Waals surface area contributed by atoms with Gasteiger partial charge in [0.1, 0.15) is 5.82 Å². The molecule has 36 heavy (non-hydrogen) atoms. The molecule has 1 atom stereocenters. The van der Waals surface area contributed by atoms with Gasteiger partial charge in [-0.3, -0.25) is 9.88 Å². The van der Waals surface area contributed by atoms with E-state index in [0.29, 0.717) is 41.9 Å². The highest BCUT2D eigenvalue weighted by Crippen LogP contribution is 2.41. The summed E-state index contributed by atoms with van der Waals surface area (Å²) < 4.78 is 61.5. The van der Waals surface area contributed by atoms with Crippen molar-refractivity contribution in [3.05, 3.63) is 71.7 Å². The van der Waals surface area contributed by atoms with Crippen molar-refractivity contribution < 1.29 is 27.4 Å². The molecule has 0 spiro atoms. The lowest BCUT2D eigenvalue weighted by atomic mass is 9.74. The summed E-state index contributed by atoms with van der Waals surface area (Å²) in [5.41, 5.74) is -1.83. The lowest BCUT2D eigenvalue weighted by Crippen LogP contribution is -2.53. The Morgan fingerprint density at radius 1 is 1.03 bits per heavy atom. The molecule has 2 aromatic carbocycles. The number of hydrogen-bond donors (Lipinski definition) is 2. The molecule has 0 radical (unpaired) electrons. The molecule has 5 nitrogen and oxygen atoms in total. The molecule has 0 saturated carbocycles. The quantitative estimate of drug-likeness (QED) is 0.408. The fourth-order valence-corrected chi connectivity index (χ4v) is 4.67. The number of morpholine rings is 1. The molecule has 1 aromatic heterocycles. The molecule has 9 heteroatoms. The van der Waals surface area contributed by atoms with Crippen LogP contribution in [-0.4, -0.2) is 59.6 Å². The maximum absolute atomic E-state index is 14.1. The van der Waals surface area contributed by atoms with Crippen molar-refractivity contribution in [1.82, 2.24) is 9.88 Å². The van der Waals surface area contributed by atoms with Crippen molar-refractivity contribution in [1.29, 1.82) is 0 Å². The summed E-state index contributed by atoms with van der Waals surface area (Å²) in [7, 11) is 0. The largest absolute Gasteiger partial charge is 0.418 e. The zero-order valence-electron chi connectivity index (χ0n) is 20.4. The van der Waals surface area contributed by atoms with E-state index in [0.717, 1.165) is 18.8 Å². The second-order valence-corrected chi connectivity index (χ2v) is 10.0. The number of aliphatic hydroxyl groups is 1. The summed E-state index contributed by atoms with van der Waals surface area (Å²) >= 11 is 0. The van der Waals surface area contributed by atoms with Gasteiger partial charge in [-0.25, -0.2) is 4.39 Å². The first-order valence-electron chi connectivity index (χ1n) is 11.9. The summed E-state index contributed by atoms with van der Waals surface area (Å²) in [6, 6.07) is 14.4. The summed E-state index contributed by atoms with van der Waals surface area (Å²) in [6.45, 7) is 6.04. The maximum atomic E-state index is 14.1. The zero-order valence-corrected chi connectivity index (χ0v) is 20.4. The highest BCUT2D eigenvalue weighted by molar-refractivity contribution is 5.91. The highest BCUT2D eigenvalue weighted by atomic mass is 19.4. The average Bonchev–Trinajstić information content (AvgIpc) is 2.82. The minimum atomic E-state index is -4.90. The van der Waals surface area contributed by atoms with Crippen LogP contribution in [0.3, 0.4) is 0 Å². The number of hydrogen-bond acceptors (Lipinski definition) is 5. The van der Waals surface area contributed by atoms with Crippen LogP contribution in [0.25, 0.3) is 10.9 Å². The number of rotatable bonds is 8. The first-order valence-corrected chi connectivity index (χ1v) is 11.9. The van der Waals surface area contributed by atoms with E-state index in [1.807, 2.05) is 18.2 Å². The van der Waals surface area contributed by atoms with Gasteiger partial charge >= 0.3 is 6.18 Å². The van der Waals surface area contributed by atoms with Crippen LogP contribution in [0.4, 0.5) is 23.2 Å². The Morgan fingerprint density at radius 3 is 2.44 bits per heavy atom. The molecule has 0 amide bonds. The Hall–Kier alpha value is -2.75. The van der Waals surface area contributed by atoms with Crippen LogP contribution in [0.5, 0.6) is 0 Å². The van der Waals surface area contributed by atoms with Gasteiger partial charge < -0.3 is 15.2 Å². The van der Waals surface area contributed by atoms with E-state index in [1.54, 1.807) is 32.0 Å². The first kappa shape index (κ1) is 26.3. The normalized spacial score (nSPS) is 17.2.